The van der Waals surface area contributed by atoms with Crippen LogP contribution in [-0.4, -0.2) is 10.1 Å². The Morgan fingerprint density at radius 2 is 2.00 bits per heavy atom. The van der Waals surface area contributed by atoms with Gasteiger partial charge < -0.3 is 9.84 Å². The quantitative estimate of drug-likeness (QED) is 0.906. The molecule has 1 heterocycles. The van der Waals surface area contributed by atoms with Crippen molar-refractivity contribution in [3.8, 4) is 5.88 Å². The maximum atomic E-state index is 9.06. The summed E-state index contributed by atoms with van der Waals surface area (Å²) in [5, 5.41) is 9.50. The van der Waals surface area contributed by atoms with E-state index in [0.717, 1.165) is 5.56 Å². The molecule has 3 nitrogen and oxygen atoms in total. The summed E-state index contributed by atoms with van der Waals surface area (Å²) in [4.78, 5) is 4.04. The molecule has 0 unspecified atom stereocenters. The molecule has 0 saturated carbocycles. The predicted octanol–water partition coefficient (Wildman–Crippen LogP) is 2.81. The first-order chi connectivity index (χ1) is 8.29. The Morgan fingerprint density at radius 1 is 1.24 bits per heavy atom. The lowest BCUT2D eigenvalue weighted by molar-refractivity contribution is 0.275. The van der Waals surface area contributed by atoms with Crippen molar-refractivity contribution in [3.63, 3.8) is 0 Å². The Labute approximate surface area is 105 Å². The van der Waals surface area contributed by atoms with E-state index in [4.69, 9.17) is 21.4 Å². The van der Waals surface area contributed by atoms with E-state index >= 15 is 0 Å². The van der Waals surface area contributed by atoms with Crippen molar-refractivity contribution in [2.75, 3.05) is 0 Å². The van der Waals surface area contributed by atoms with Crippen LogP contribution < -0.4 is 4.74 Å². The Morgan fingerprint density at radius 3 is 2.71 bits per heavy atom. The minimum Gasteiger partial charge on any atom is -0.473 e. The fourth-order valence-corrected chi connectivity index (χ4v) is 1.55. The highest BCUT2D eigenvalue weighted by Crippen LogP contribution is 2.19. The zero-order valence-electron chi connectivity index (χ0n) is 9.14. The monoisotopic (exact) mass is 249 g/mol. The second kappa shape index (κ2) is 5.66. The molecule has 17 heavy (non-hydrogen) atoms. The van der Waals surface area contributed by atoms with Crippen LogP contribution in [0.25, 0.3) is 0 Å². The van der Waals surface area contributed by atoms with Gasteiger partial charge in [-0.3, -0.25) is 0 Å². The van der Waals surface area contributed by atoms with Gasteiger partial charge in [-0.15, -0.1) is 0 Å². The van der Waals surface area contributed by atoms with Crippen molar-refractivity contribution < 1.29 is 9.84 Å². The fourth-order valence-electron chi connectivity index (χ4n) is 1.39. The van der Waals surface area contributed by atoms with Gasteiger partial charge in [-0.2, -0.15) is 0 Å². The third-order valence-corrected chi connectivity index (χ3v) is 2.65. The molecule has 0 saturated heterocycles. The molecule has 0 atom stereocenters. The SMILES string of the molecule is OCc1cc(OCc2ccccc2)ncc1Cl. The van der Waals surface area contributed by atoms with Crippen LogP contribution in [0.4, 0.5) is 0 Å². The molecule has 0 aliphatic heterocycles. The molecule has 4 heteroatoms. The first kappa shape index (κ1) is 11.9. The van der Waals surface area contributed by atoms with E-state index in [1.54, 1.807) is 6.07 Å². The van der Waals surface area contributed by atoms with Gasteiger partial charge in [0.2, 0.25) is 5.88 Å². The summed E-state index contributed by atoms with van der Waals surface area (Å²) in [6, 6.07) is 11.4. The number of hydrogen-bond acceptors (Lipinski definition) is 3. The first-order valence-corrected chi connectivity index (χ1v) is 5.59. The molecule has 0 radical (unpaired) electrons. The second-order valence-electron chi connectivity index (χ2n) is 3.55. The molecule has 2 aromatic rings. The van der Waals surface area contributed by atoms with Gasteiger partial charge in [-0.1, -0.05) is 41.9 Å². The van der Waals surface area contributed by atoms with Gasteiger partial charge >= 0.3 is 0 Å². The average molecular weight is 250 g/mol. The van der Waals surface area contributed by atoms with E-state index in [1.807, 2.05) is 30.3 Å². The molecule has 0 aliphatic carbocycles. The van der Waals surface area contributed by atoms with E-state index in [-0.39, 0.29) is 6.61 Å². The number of benzene rings is 1. The van der Waals surface area contributed by atoms with Crippen LogP contribution in [0.1, 0.15) is 11.1 Å². The van der Waals surface area contributed by atoms with Crippen molar-refractivity contribution in [2.45, 2.75) is 13.2 Å². The molecule has 1 aromatic carbocycles. The fraction of sp³-hybridized carbons (Fsp3) is 0.154. The molecule has 1 aromatic heterocycles. The molecular formula is C13H12ClNO2. The van der Waals surface area contributed by atoms with Crippen LogP contribution in [0, 0.1) is 0 Å². The van der Waals surface area contributed by atoms with Crippen LogP contribution in [0.2, 0.25) is 5.02 Å². The Balaban J connectivity index is 2.04. The molecule has 88 valence electrons. The highest BCUT2D eigenvalue weighted by atomic mass is 35.5. The Bertz CT molecular complexity index is 488. The summed E-state index contributed by atoms with van der Waals surface area (Å²) in [5.41, 5.74) is 1.68. The first-order valence-electron chi connectivity index (χ1n) is 5.21. The minimum atomic E-state index is -0.122. The molecular weight excluding hydrogens is 238 g/mol. The van der Waals surface area contributed by atoms with E-state index in [9.17, 15) is 0 Å². The highest BCUT2D eigenvalue weighted by Gasteiger charge is 2.03. The van der Waals surface area contributed by atoms with Crippen molar-refractivity contribution in [3.05, 3.63) is 58.7 Å². The van der Waals surface area contributed by atoms with Gasteiger partial charge in [-0.25, -0.2) is 4.98 Å². The number of nitrogens with zero attached hydrogens (tertiary/aromatic N) is 1. The Kier molecular flexibility index (Phi) is 3.96. The molecule has 0 spiro atoms. The van der Waals surface area contributed by atoms with Crippen LogP contribution >= 0.6 is 11.6 Å². The second-order valence-corrected chi connectivity index (χ2v) is 3.95. The maximum absolute atomic E-state index is 9.06. The summed E-state index contributed by atoms with van der Waals surface area (Å²) in [6.07, 6.45) is 1.48. The lowest BCUT2D eigenvalue weighted by atomic mass is 10.2. The smallest absolute Gasteiger partial charge is 0.213 e. The summed E-state index contributed by atoms with van der Waals surface area (Å²) in [6.45, 7) is 0.323. The molecule has 0 amide bonds. The number of pyridine rings is 1. The van der Waals surface area contributed by atoms with Gasteiger partial charge in [-0.05, 0) is 5.56 Å². The van der Waals surface area contributed by atoms with E-state index in [0.29, 0.717) is 23.1 Å². The van der Waals surface area contributed by atoms with E-state index in [2.05, 4.69) is 4.98 Å². The summed E-state index contributed by atoms with van der Waals surface area (Å²) in [5.74, 6) is 0.460. The summed E-state index contributed by atoms with van der Waals surface area (Å²) >= 11 is 5.84. The number of halogens is 1. The number of aliphatic hydroxyl groups is 1. The minimum absolute atomic E-state index is 0.122. The van der Waals surface area contributed by atoms with Crippen molar-refractivity contribution >= 4 is 11.6 Å². The van der Waals surface area contributed by atoms with Crippen molar-refractivity contribution in [1.29, 1.82) is 0 Å². The number of hydrogen-bond donors (Lipinski definition) is 1. The molecule has 0 bridgehead atoms. The van der Waals surface area contributed by atoms with Gasteiger partial charge in [0.05, 0.1) is 11.6 Å². The third kappa shape index (κ3) is 3.19. The molecule has 0 fully saturated rings. The predicted molar refractivity (Wildman–Crippen MR) is 65.9 cm³/mol. The van der Waals surface area contributed by atoms with Crippen LogP contribution in [-0.2, 0) is 13.2 Å². The summed E-state index contributed by atoms with van der Waals surface area (Å²) in [7, 11) is 0. The van der Waals surface area contributed by atoms with Gasteiger partial charge in [0, 0.05) is 17.8 Å². The summed E-state index contributed by atoms with van der Waals surface area (Å²) < 4.78 is 5.51. The molecule has 2 rings (SSSR count). The van der Waals surface area contributed by atoms with Gasteiger partial charge in [0.15, 0.2) is 0 Å². The van der Waals surface area contributed by atoms with E-state index < -0.39 is 0 Å². The largest absolute Gasteiger partial charge is 0.473 e. The zero-order valence-corrected chi connectivity index (χ0v) is 9.89. The lowest BCUT2D eigenvalue weighted by Crippen LogP contribution is -1.98. The van der Waals surface area contributed by atoms with Crippen LogP contribution in [0.15, 0.2) is 42.6 Å². The van der Waals surface area contributed by atoms with Crippen LogP contribution in [0.5, 0.6) is 5.88 Å². The Hall–Kier alpha value is -1.58. The van der Waals surface area contributed by atoms with Gasteiger partial charge in [0.1, 0.15) is 6.61 Å². The molecule has 1 N–H and O–H groups in total. The number of aliphatic hydroxyl groups excluding tert-OH is 1. The van der Waals surface area contributed by atoms with Gasteiger partial charge in [0.25, 0.3) is 0 Å². The van der Waals surface area contributed by atoms with E-state index in [1.165, 1.54) is 6.20 Å². The normalized spacial score (nSPS) is 10.2. The standard InChI is InChI=1S/C13H12ClNO2/c14-12-7-15-13(6-11(12)8-16)17-9-10-4-2-1-3-5-10/h1-7,16H,8-9H2. The maximum Gasteiger partial charge on any atom is 0.213 e. The zero-order chi connectivity index (χ0) is 12.1. The number of aromatic nitrogens is 1. The van der Waals surface area contributed by atoms with Crippen LogP contribution in [0.3, 0.4) is 0 Å². The van der Waals surface area contributed by atoms with Crippen molar-refractivity contribution in [1.82, 2.24) is 4.98 Å². The molecule has 0 aliphatic rings. The lowest BCUT2D eigenvalue weighted by Gasteiger charge is -2.07. The highest BCUT2D eigenvalue weighted by molar-refractivity contribution is 6.31. The topological polar surface area (TPSA) is 42.4 Å². The third-order valence-electron chi connectivity index (χ3n) is 2.31. The number of rotatable bonds is 4. The average Bonchev–Trinajstić information content (AvgIpc) is 2.39. The number of ether oxygens (including phenoxy) is 1. The van der Waals surface area contributed by atoms with Crippen molar-refractivity contribution in [2.24, 2.45) is 0 Å².